The van der Waals surface area contributed by atoms with Crippen LogP contribution in [0.2, 0.25) is 0 Å². The Bertz CT molecular complexity index is 257. The van der Waals surface area contributed by atoms with Crippen molar-refractivity contribution in [3.8, 4) is 0 Å². The average Bonchev–Trinajstić information content (AvgIpc) is 2.29. The lowest BCUT2D eigenvalue weighted by Gasteiger charge is -2.23. The number of rotatable bonds is 10. The number of hydrogen-bond acceptors (Lipinski definition) is 3. The highest BCUT2D eigenvalue weighted by Gasteiger charge is 2.12. The van der Waals surface area contributed by atoms with Crippen molar-refractivity contribution in [2.24, 2.45) is 5.73 Å². The van der Waals surface area contributed by atoms with Crippen LogP contribution in [0.15, 0.2) is 0 Å². The van der Waals surface area contributed by atoms with Crippen LogP contribution in [0.1, 0.15) is 39.0 Å². The third kappa shape index (κ3) is 9.36. The van der Waals surface area contributed by atoms with Gasteiger partial charge in [-0.1, -0.05) is 25.6 Å². The Kier molecular flexibility index (Phi) is 9.87. The maximum atomic E-state index is 12.0. The van der Waals surface area contributed by atoms with Gasteiger partial charge in [-0.05, 0) is 33.5 Å². The van der Waals surface area contributed by atoms with E-state index in [9.17, 15) is 4.79 Å². The fraction of sp³-hybridized carbons (Fsp3) is 0.846. The summed E-state index contributed by atoms with van der Waals surface area (Å²) in [5.74, 6) is 0.229. The standard InChI is InChI=1S/C13H27N3OS/c1-4-5-7-13(17)16(11-8-12(14)18)10-6-9-15(2)3/h4-11H2,1-3H3,(H2,14,18). The van der Waals surface area contributed by atoms with Gasteiger partial charge >= 0.3 is 0 Å². The van der Waals surface area contributed by atoms with E-state index in [1.807, 2.05) is 19.0 Å². The van der Waals surface area contributed by atoms with Gasteiger partial charge in [-0.15, -0.1) is 0 Å². The normalized spacial score (nSPS) is 10.7. The van der Waals surface area contributed by atoms with E-state index < -0.39 is 0 Å². The molecule has 0 spiro atoms. The third-order valence-electron chi connectivity index (χ3n) is 2.76. The molecule has 2 N–H and O–H groups in total. The zero-order chi connectivity index (χ0) is 14.0. The molecule has 0 heterocycles. The molecular formula is C13H27N3OS. The predicted molar refractivity (Wildman–Crippen MR) is 80.7 cm³/mol. The monoisotopic (exact) mass is 273 g/mol. The molecule has 5 heteroatoms. The molecule has 0 aromatic heterocycles. The summed E-state index contributed by atoms with van der Waals surface area (Å²) >= 11 is 4.87. The Labute approximate surface area is 116 Å². The summed E-state index contributed by atoms with van der Waals surface area (Å²) in [6, 6.07) is 0. The molecule has 0 rings (SSSR count). The summed E-state index contributed by atoms with van der Waals surface area (Å²) in [5.41, 5.74) is 5.50. The minimum absolute atomic E-state index is 0.229. The van der Waals surface area contributed by atoms with Gasteiger partial charge in [0.25, 0.3) is 0 Å². The molecule has 0 radical (unpaired) electrons. The van der Waals surface area contributed by atoms with E-state index in [4.69, 9.17) is 18.0 Å². The molecule has 0 aliphatic carbocycles. The second-order valence-electron chi connectivity index (χ2n) is 4.86. The van der Waals surface area contributed by atoms with Crippen LogP contribution in [-0.4, -0.2) is 54.4 Å². The summed E-state index contributed by atoms with van der Waals surface area (Å²) in [4.78, 5) is 16.5. The molecule has 4 nitrogen and oxygen atoms in total. The lowest BCUT2D eigenvalue weighted by molar-refractivity contribution is -0.131. The molecule has 0 aromatic rings. The summed E-state index contributed by atoms with van der Waals surface area (Å²) in [5, 5.41) is 0. The summed E-state index contributed by atoms with van der Waals surface area (Å²) in [6.45, 7) is 4.54. The van der Waals surface area contributed by atoms with Crippen LogP contribution in [0.25, 0.3) is 0 Å². The Morgan fingerprint density at radius 1 is 1.11 bits per heavy atom. The zero-order valence-corrected chi connectivity index (χ0v) is 12.8. The van der Waals surface area contributed by atoms with E-state index in [-0.39, 0.29) is 5.91 Å². The number of carbonyl (C=O) groups is 1. The van der Waals surface area contributed by atoms with Crippen LogP contribution in [0.5, 0.6) is 0 Å². The molecule has 0 saturated heterocycles. The predicted octanol–water partition coefficient (Wildman–Crippen LogP) is 1.63. The van der Waals surface area contributed by atoms with Gasteiger partial charge in [-0.2, -0.15) is 0 Å². The van der Waals surface area contributed by atoms with E-state index in [0.717, 1.165) is 32.4 Å². The highest BCUT2D eigenvalue weighted by molar-refractivity contribution is 7.80. The molecule has 0 aliphatic heterocycles. The Morgan fingerprint density at radius 3 is 2.28 bits per heavy atom. The lowest BCUT2D eigenvalue weighted by atomic mass is 10.2. The number of carbonyl (C=O) groups excluding carboxylic acids is 1. The van der Waals surface area contributed by atoms with Crippen LogP contribution >= 0.6 is 12.2 Å². The van der Waals surface area contributed by atoms with Gasteiger partial charge in [-0.3, -0.25) is 4.79 Å². The molecule has 0 bridgehead atoms. The molecule has 0 fully saturated rings. The number of nitrogens with two attached hydrogens (primary N) is 1. The number of amides is 1. The van der Waals surface area contributed by atoms with Crippen molar-refractivity contribution in [1.82, 2.24) is 9.80 Å². The van der Waals surface area contributed by atoms with Gasteiger partial charge in [0, 0.05) is 25.9 Å². The minimum Gasteiger partial charge on any atom is -0.393 e. The SMILES string of the molecule is CCCCC(=O)N(CCCN(C)C)CCC(N)=S. The van der Waals surface area contributed by atoms with E-state index >= 15 is 0 Å². The van der Waals surface area contributed by atoms with Crippen molar-refractivity contribution in [3.63, 3.8) is 0 Å². The maximum Gasteiger partial charge on any atom is 0.222 e. The first kappa shape index (κ1) is 17.3. The first-order valence-electron chi connectivity index (χ1n) is 6.68. The van der Waals surface area contributed by atoms with Gasteiger partial charge < -0.3 is 15.5 Å². The van der Waals surface area contributed by atoms with Crippen molar-refractivity contribution >= 4 is 23.1 Å². The molecule has 18 heavy (non-hydrogen) atoms. The Hall–Kier alpha value is -0.680. The summed E-state index contributed by atoms with van der Waals surface area (Å²) in [6.07, 6.45) is 4.25. The fourth-order valence-electron chi connectivity index (χ4n) is 1.67. The lowest BCUT2D eigenvalue weighted by Crippen LogP contribution is -2.35. The van der Waals surface area contributed by atoms with Crippen LogP contribution < -0.4 is 5.73 Å². The number of unbranched alkanes of at least 4 members (excludes halogenated alkanes) is 1. The van der Waals surface area contributed by atoms with Crippen molar-refractivity contribution in [2.75, 3.05) is 33.7 Å². The largest absolute Gasteiger partial charge is 0.393 e. The molecule has 0 unspecified atom stereocenters. The van der Waals surface area contributed by atoms with E-state index in [1.165, 1.54) is 0 Å². The molecule has 0 aromatic carbocycles. The van der Waals surface area contributed by atoms with Gasteiger partial charge in [-0.25, -0.2) is 0 Å². The number of hydrogen-bond donors (Lipinski definition) is 1. The van der Waals surface area contributed by atoms with Gasteiger partial charge in [0.2, 0.25) is 5.91 Å². The first-order chi connectivity index (χ1) is 8.47. The van der Waals surface area contributed by atoms with Crippen LogP contribution in [0.4, 0.5) is 0 Å². The van der Waals surface area contributed by atoms with Crippen molar-refractivity contribution in [3.05, 3.63) is 0 Å². The van der Waals surface area contributed by atoms with Crippen molar-refractivity contribution < 1.29 is 4.79 Å². The van der Waals surface area contributed by atoms with Crippen LogP contribution in [-0.2, 0) is 4.79 Å². The second kappa shape index (κ2) is 10.3. The first-order valence-corrected chi connectivity index (χ1v) is 7.09. The topological polar surface area (TPSA) is 49.6 Å². The van der Waals surface area contributed by atoms with Crippen molar-refractivity contribution in [2.45, 2.75) is 39.0 Å². The number of thiocarbonyl (C=S) groups is 1. The van der Waals surface area contributed by atoms with Crippen LogP contribution in [0.3, 0.4) is 0 Å². The van der Waals surface area contributed by atoms with Crippen LogP contribution in [0, 0.1) is 0 Å². The molecular weight excluding hydrogens is 246 g/mol. The quantitative estimate of drug-likeness (QED) is 0.615. The van der Waals surface area contributed by atoms with E-state index in [1.54, 1.807) is 0 Å². The maximum absolute atomic E-state index is 12.0. The fourth-order valence-corrected chi connectivity index (χ4v) is 1.76. The smallest absolute Gasteiger partial charge is 0.222 e. The molecule has 0 atom stereocenters. The van der Waals surface area contributed by atoms with E-state index in [2.05, 4.69) is 11.8 Å². The second-order valence-corrected chi connectivity index (χ2v) is 5.38. The van der Waals surface area contributed by atoms with Gasteiger partial charge in [0.05, 0.1) is 4.99 Å². The zero-order valence-electron chi connectivity index (χ0n) is 11.9. The highest BCUT2D eigenvalue weighted by Crippen LogP contribution is 2.03. The summed E-state index contributed by atoms with van der Waals surface area (Å²) in [7, 11) is 4.08. The molecule has 1 amide bonds. The summed E-state index contributed by atoms with van der Waals surface area (Å²) < 4.78 is 0. The Morgan fingerprint density at radius 2 is 1.78 bits per heavy atom. The molecule has 0 saturated carbocycles. The highest BCUT2D eigenvalue weighted by atomic mass is 32.1. The van der Waals surface area contributed by atoms with Gasteiger partial charge in [0.15, 0.2) is 0 Å². The molecule has 106 valence electrons. The van der Waals surface area contributed by atoms with Crippen molar-refractivity contribution in [1.29, 1.82) is 0 Å². The Balaban J connectivity index is 4.13. The van der Waals surface area contributed by atoms with E-state index in [0.29, 0.717) is 24.4 Å². The number of nitrogens with zero attached hydrogens (tertiary/aromatic N) is 2. The molecule has 0 aliphatic rings. The average molecular weight is 273 g/mol. The van der Waals surface area contributed by atoms with Gasteiger partial charge in [0.1, 0.15) is 0 Å². The minimum atomic E-state index is 0.229. The third-order valence-corrected chi connectivity index (χ3v) is 2.96.